The summed E-state index contributed by atoms with van der Waals surface area (Å²) in [5.74, 6) is 0. The van der Waals surface area contributed by atoms with Gasteiger partial charge in [-0.2, -0.15) is 22.7 Å². The summed E-state index contributed by atoms with van der Waals surface area (Å²) in [6, 6.07) is 8.59. The Kier molecular flexibility index (Phi) is 6.14. The molecule has 110 valence electrons. The zero-order valence-electron chi connectivity index (χ0n) is 12.1. The summed E-state index contributed by atoms with van der Waals surface area (Å²) >= 11 is 0. The minimum Gasteiger partial charge on any atom is -0.195 e. The minimum atomic E-state index is -3.48. The molecule has 0 saturated carbocycles. The second-order valence-electron chi connectivity index (χ2n) is 4.75. The summed E-state index contributed by atoms with van der Waals surface area (Å²) in [5, 5.41) is 8.74. The molecule has 1 atom stereocenters. The van der Waals surface area contributed by atoms with Crippen molar-refractivity contribution in [1.82, 2.24) is 9.03 Å². The zero-order valence-corrected chi connectivity index (χ0v) is 12.9. The van der Waals surface area contributed by atoms with Gasteiger partial charge in [0.25, 0.3) is 10.2 Å². The van der Waals surface area contributed by atoms with Crippen molar-refractivity contribution in [3.8, 4) is 6.07 Å². The number of benzene rings is 1. The molecule has 0 fully saturated rings. The standard InChI is InChI=1S/C14H21N3O2S/c1-4-5-10-17(3)20(18,19)16-12(2)14-8-6-13(11-15)7-9-14/h6-9,12,16H,4-5,10H2,1-3H3/t12-/m0/s1. The third-order valence-electron chi connectivity index (χ3n) is 3.10. The van der Waals surface area contributed by atoms with Crippen molar-refractivity contribution in [3.05, 3.63) is 35.4 Å². The third-order valence-corrected chi connectivity index (χ3v) is 4.76. The Hall–Kier alpha value is -1.42. The lowest BCUT2D eigenvalue weighted by atomic mass is 10.1. The summed E-state index contributed by atoms with van der Waals surface area (Å²) in [6.45, 7) is 4.31. The molecule has 0 saturated heterocycles. The van der Waals surface area contributed by atoms with Gasteiger partial charge in [0.2, 0.25) is 0 Å². The molecule has 0 amide bonds. The first-order valence-corrected chi connectivity index (χ1v) is 8.08. The van der Waals surface area contributed by atoms with Gasteiger partial charge in [0.1, 0.15) is 0 Å². The molecule has 0 bridgehead atoms. The fraction of sp³-hybridized carbons (Fsp3) is 0.500. The van der Waals surface area contributed by atoms with Gasteiger partial charge in [-0.1, -0.05) is 25.5 Å². The first kappa shape index (κ1) is 16.6. The number of nitrogens with zero attached hydrogens (tertiary/aromatic N) is 2. The number of rotatable bonds is 7. The van der Waals surface area contributed by atoms with Gasteiger partial charge in [0.05, 0.1) is 11.6 Å². The molecule has 0 aliphatic rings. The van der Waals surface area contributed by atoms with E-state index in [1.807, 2.05) is 13.0 Å². The van der Waals surface area contributed by atoms with Crippen molar-refractivity contribution in [1.29, 1.82) is 5.26 Å². The van der Waals surface area contributed by atoms with E-state index in [9.17, 15) is 8.42 Å². The summed E-state index contributed by atoms with van der Waals surface area (Å²) in [6.07, 6.45) is 1.79. The molecule has 1 aromatic carbocycles. The lowest BCUT2D eigenvalue weighted by molar-refractivity contribution is 0.442. The normalized spacial score (nSPS) is 13.2. The highest BCUT2D eigenvalue weighted by Gasteiger charge is 2.20. The molecule has 5 nitrogen and oxygen atoms in total. The Morgan fingerprint density at radius 1 is 1.35 bits per heavy atom. The number of hydrogen-bond acceptors (Lipinski definition) is 3. The monoisotopic (exact) mass is 295 g/mol. The lowest BCUT2D eigenvalue weighted by Gasteiger charge is -2.21. The fourth-order valence-electron chi connectivity index (χ4n) is 1.73. The molecule has 0 radical (unpaired) electrons. The highest BCUT2D eigenvalue weighted by Crippen LogP contribution is 2.15. The summed E-state index contributed by atoms with van der Waals surface area (Å²) in [4.78, 5) is 0. The van der Waals surface area contributed by atoms with E-state index in [-0.39, 0.29) is 6.04 Å². The molecule has 0 spiro atoms. The quantitative estimate of drug-likeness (QED) is 0.838. The van der Waals surface area contributed by atoms with Crippen LogP contribution in [-0.2, 0) is 10.2 Å². The van der Waals surface area contributed by atoms with Gasteiger partial charge in [-0.05, 0) is 31.0 Å². The molecule has 0 unspecified atom stereocenters. The SMILES string of the molecule is CCCCN(C)S(=O)(=O)N[C@@H](C)c1ccc(C#N)cc1. The molecule has 20 heavy (non-hydrogen) atoms. The number of nitriles is 1. The van der Waals surface area contributed by atoms with E-state index in [0.29, 0.717) is 12.1 Å². The van der Waals surface area contributed by atoms with Gasteiger partial charge < -0.3 is 0 Å². The molecule has 6 heteroatoms. The van der Waals surface area contributed by atoms with Crippen LogP contribution in [0.25, 0.3) is 0 Å². The Labute approximate surface area is 121 Å². The first-order valence-electron chi connectivity index (χ1n) is 6.64. The van der Waals surface area contributed by atoms with Crippen molar-refractivity contribution in [2.24, 2.45) is 0 Å². The van der Waals surface area contributed by atoms with Gasteiger partial charge in [-0.25, -0.2) is 0 Å². The molecule has 0 aliphatic carbocycles. The van der Waals surface area contributed by atoms with E-state index in [1.165, 1.54) is 4.31 Å². The van der Waals surface area contributed by atoms with Crippen LogP contribution in [0.4, 0.5) is 0 Å². The van der Waals surface area contributed by atoms with Crippen LogP contribution in [0, 0.1) is 11.3 Å². The van der Waals surface area contributed by atoms with Gasteiger partial charge in [-0.15, -0.1) is 0 Å². The highest BCUT2D eigenvalue weighted by atomic mass is 32.2. The van der Waals surface area contributed by atoms with Crippen LogP contribution in [0.1, 0.15) is 43.9 Å². The van der Waals surface area contributed by atoms with Crippen LogP contribution in [0.3, 0.4) is 0 Å². The van der Waals surface area contributed by atoms with Crippen LogP contribution in [-0.4, -0.2) is 26.3 Å². The zero-order chi connectivity index (χ0) is 15.2. The Bertz CT molecular complexity index is 561. The maximum Gasteiger partial charge on any atom is 0.279 e. The Morgan fingerprint density at radius 2 is 1.95 bits per heavy atom. The van der Waals surface area contributed by atoms with Crippen LogP contribution in [0.15, 0.2) is 24.3 Å². The van der Waals surface area contributed by atoms with E-state index in [1.54, 1.807) is 38.2 Å². The molecule has 1 aromatic rings. The van der Waals surface area contributed by atoms with Crippen molar-refractivity contribution >= 4 is 10.2 Å². The van der Waals surface area contributed by atoms with Crippen LogP contribution in [0.2, 0.25) is 0 Å². The maximum absolute atomic E-state index is 12.1. The number of nitrogens with one attached hydrogen (secondary N) is 1. The van der Waals surface area contributed by atoms with E-state index in [4.69, 9.17) is 5.26 Å². The van der Waals surface area contributed by atoms with Crippen molar-refractivity contribution in [2.75, 3.05) is 13.6 Å². The Morgan fingerprint density at radius 3 is 2.45 bits per heavy atom. The second-order valence-corrected chi connectivity index (χ2v) is 6.56. The molecule has 0 heterocycles. The van der Waals surface area contributed by atoms with Gasteiger partial charge >= 0.3 is 0 Å². The summed E-state index contributed by atoms with van der Waals surface area (Å²) < 4.78 is 28.2. The van der Waals surface area contributed by atoms with Gasteiger partial charge in [0, 0.05) is 19.6 Å². The number of unbranched alkanes of at least 4 members (excludes halogenated alkanes) is 1. The predicted octanol–water partition coefficient (Wildman–Crippen LogP) is 2.19. The topological polar surface area (TPSA) is 73.2 Å². The summed E-state index contributed by atoms with van der Waals surface area (Å²) in [5.41, 5.74) is 1.39. The average molecular weight is 295 g/mol. The average Bonchev–Trinajstić information content (AvgIpc) is 2.44. The van der Waals surface area contributed by atoms with Crippen LogP contribution in [0.5, 0.6) is 0 Å². The molecular weight excluding hydrogens is 274 g/mol. The van der Waals surface area contributed by atoms with E-state index in [0.717, 1.165) is 18.4 Å². The smallest absolute Gasteiger partial charge is 0.195 e. The van der Waals surface area contributed by atoms with E-state index < -0.39 is 10.2 Å². The van der Waals surface area contributed by atoms with Gasteiger partial charge in [0.15, 0.2) is 0 Å². The molecular formula is C14H21N3O2S. The van der Waals surface area contributed by atoms with Crippen molar-refractivity contribution in [3.63, 3.8) is 0 Å². The number of hydrogen-bond donors (Lipinski definition) is 1. The van der Waals surface area contributed by atoms with E-state index in [2.05, 4.69) is 4.72 Å². The summed E-state index contributed by atoms with van der Waals surface area (Å²) in [7, 11) is -1.90. The molecule has 0 aliphatic heterocycles. The van der Waals surface area contributed by atoms with E-state index >= 15 is 0 Å². The lowest BCUT2D eigenvalue weighted by Crippen LogP contribution is -2.39. The third kappa shape index (κ3) is 4.60. The Balaban J connectivity index is 2.73. The molecule has 0 aromatic heterocycles. The van der Waals surface area contributed by atoms with Crippen molar-refractivity contribution < 1.29 is 8.42 Å². The highest BCUT2D eigenvalue weighted by molar-refractivity contribution is 7.87. The maximum atomic E-state index is 12.1. The molecule has 1 N–H and O–H groups in total. The largest absolute Gasteiger partial charge is 0.279 e. The molecule has 1 rings (SSSR count). The van der Waals surface area contributed by atoms with Gasteiger partial charge in [-0.3, -0.25) is 0 Å². The van der Waals surface area contributed by atoms with Crippen molar-refractivity contribution in [2.45, 2.75) is 32.7 Å². The van der Waals surface area contributed by atoms with Crippen LogP contribution < -0.4 is 4.72 Å². The first-order chi connectivity index (χ1) is 9.40. The fourth-order valence-corrected chi connectivity index (χ4v) is 2.86. The second kappa shape index (κ2) is 7.39. The van der Waals surface area contributed by atoms with Crippen LogP contribution >= 0.6 is 0 Å². The predicted molar refractivity (Wildman–Crippen MR) is 79.2 cm³/mol. The minimum absolute atomic E-state index is 0.336.